The summed E-state index contributed by atoms with van der Waals surface area (Å²) in [6, 6.07) is 15.8. The molecule has 2 aromatic carbocycles. The van der Waals surface area contributed by atoms with E-state index in [-0.39, 0.29) is 18.4 Å². The Morgan fingerprint density at radius 3 is 2.74 bits per heavy atom. The molecule has 0 saturated heterocycles. The van der Waals surface area contributed by atoms with E-state index in [0.29, 0.717) is 23.7 Å². The minimum atomic E-state index is -0.880. The highest BCUT2D eigenvalue weighted by Gasteiger charge is 2.28. The largest absolute Gasteiger partial charge is 0.489 e. The summed E-state index contributed by atoms with van der Waals surface area (Å²) in [6.07, 6.45) is 0.420. The number of hydrogen-bond donors (Lipinski definition) is 2. The van der Waals surface area contributed by atoms with Crippen molar-refractivity contribution >= 4 is 17.5 Å². The zero-order valence-electron chi connectivity index (χ0n) is 14.2. The average molecular weight is 364 g/mol. The Balaban J connectivity index is 1.41. The maximum atomic E-state index is 12.4. The van der Waals surface area contributed by atoms with Crippen LogP contribution in [0.25, 0.3) is 0 Å². The van der Waals surface area contributed by atoms with Crippen molar-refractivity contribution in [3.05, 3.63) is 71.9 Å². The van der Waals surface area contributed by atoms with Gasteiger partial charge in [-0.1, -0.05) is 42.5 Å². The van der Waals surface area contributed by atoms with Gasteiger partial charge in [0, 0.05) is 0 Å². The summed E-state index contributed by atoms with van der Waals surface area (Å²) < 4.78 is 11.0. The van der Waals surface area contributed by atoms with Crippen molar-refractivity contribution in [2.45, 2.75) is 12.5 Å². The summed E-state index contributed by atoms with van der Waals surface area (Å²) in [5.74, 6) is -0.338. The monoisotopic (exact) mass is 364 g/mol. The fourth-order valence-corrected chi connectivity index (χ4v) is 2.68. The summed E-state index contributed by atoms with van der Waals surface area (Å²) in [5.41, 5.74) is 1.55. The average Bonchev–Trinajstić information content (AvgIpc) is 3.09. The number of amides is 2. The molecule has 27 heavy (non-hydrogen) atoms. The van der Waals surface area contributed by atoms with Crippen molar-refractivity contribution in [1.82, 2.24) is 15.5 Å². The number of benzene rings is 2. The van der Waals surface area contributed by atoms with Crippen LogP contribution in [0.2, 0.25) is 0 Å². The lowest BCUT2D eigenvalue weighted by Crippen LogP contribution is -2.46. The number of hydrogen-bond acceptors (Lipinski definition) is 6. The Hall–Kier alpha value is -3.68. The molecule has 1 aromatic heterocycles. The molecule has 0 saturated carbocycles. The first-order chi connectivity index (χ1) is 13.2. The van der Waals surface area contributed by atoms with Gasteiger partial charge >= 0.3 is 11.8 Å². The van der Waals surface area contributed by atoms with Crippen LogP contribution < -0.4 is 15.4 Å². The quantitative estimate of drug-likeness (QED) is 0.731. The van der Waals surface area contributed by atoms with E-state index in [0.717, 1.165) is 5.56 Å². The van der Waals surface area contributed by atoms with Gasteiger partial charge in [0.15, 0.2) is 0 Å². The van der Waals surface area contributed by atoms with Crippen LogP contribution in [0.15, 0.2) is 59.0 Å². The van der Waals surface area contributed by atoms with E-state index < -0.39 is 11.9 Å². The van der Waals surface area contributed by atoms with Gasteiger partial charge < -0.3 is 19.8 Å². The third kappa shape index (κ3) is 3.79. The first-order valence-electron chi connectivity index (χ1n) is 8.39. The van der Waals surface area contributed by atoms with E-state index in [1.807, 2.05) is 30.3 Å². The summed E-state index contributed by atoms with van der Waals surface area (Å²) in [4.78, 5) is 24.7. The number of rotatable bonds is 4. The number of nitrogens with one attached hydrogen (secondary N) is 2. The molecule has 0 bridgehead atoms. The Kier molecular flexibility index (Phi) is 4.52. The number of para-hydroxylation sites is 2. The summed E-state index contributed by atoms with van der Waals surface area (Å²) in [7, 11) is 0. The van der Waals surface area contributed by atoms with E-state index in [4.69, 9.17) is 9.15 Å². The van der Waals surface area contributed by atoms with Gasteiger partial charge in [0.1, 0.15) is 18.4 Å². The maximum absolute atomic E-state index is 12.4. The lowest BCUT2D eigenvalue weighted by atomic mass is 10.2. The SMILES string of the molecule is O=C(NC1COc2ccccc2NC1=O)c1nnc(Cc2ccccc2)o1. The van der Waals surface area contributed by atoms with Gasteiger partial charge in [-0.05, 0) is 17.7 Å². The summed E-state index contributed by atoms with van der Waals surface area (Å²) in [6.45, 7) is -0.000400. The molecule has 8 nitrogen and oxygen atoms in total. The highest BCUT2D eigenvalue weighted by Crippen LogP contribution is 2.26. The molecule has 0 radical (unpaired) electrons. The molecule has 136 valence electrons. The molecular formula is C19H16N4O4. The van der Waals surface area contributed by atoms with Crippen molar-refractivity contribution in [1.29, 1.82) is 0 Å². The predicted octanol–water partition coefficient (Wildman–Crippen LogP) is 1.79. The Labute approximate surface area is 154 Å². The van der Waals surface area contributed by atoms with Crippen molar-refractivity contribution in [3.8, 4) is 5.75 Å². The van der Waals surface area contributed by atoms with Crippen LogP contribution in [0.5, 0.6) is 5.75 Å². The van der Waals surface area contributed by atoms with Crippen LogP contribution in [0.4, 0.5) is 5.69 Å². The number of carbonyl (C=O) groups excluding carboxylic acids is 2. The van der Waals surface area contributed by atoms with Crippen molar-refractivity contribution in [2.75, 3.05) is 11.9 Å². The number of carbonyl (C=O) groups is 2. The summed E-state index contributed by atoms with van der Waals surface area (Å²) in [5, 5.41) is 12.9. The van der Waals surface area contributed by atoms with Crippen molar-refractivity contribution in [3.63, 3.8) is 0 Å². The van der Waals surface area contributed by atoms with Crippen LogP contribution >= 0.6 is 0 Å². The number of fused-ring (bicyclic) bond motifs is 1. The molecule has 3 aromatic rings. The zero-order valence-corrected chi connectivity index (χ0v) is 14.2. The molecule has 4 rings (SSSR count). The number of nitrogens with zero attached hydrogens (tertiary/aromatic N) is 2. The van der Waals surface area contributed by atoms with Gasteiger partial charge in [-0.25, -0.2) is 0 Å². The van der Waals surface area contributed by atoms with E-state index in [1.54, 1.807) is 24.3 Å². The highest BCUT2D eigenvalue weighted by atomic mass is 16.5. The lowest BCUT2D eigenvalue weighted by Gasteiger charge is -2.13. The van der Waals surface area contributed by atoms with Crippen LogP contribution in [0, 0.1) is 0 Å². The van der Waals surface area contributed by atoms with E-state index in [9.17, 15) is 9.59 Å². The smallest absolute Gasteiger partial charge is 0.309 e. The van der Waals surface area contributed by atoms with Crippen LogP contribution in [-0.2, 0) is 11.2 Å². The lowest BCUT2D eigenvalue weighted by molar-refractivity contribution is -0.118. The molecular weight excluding hydrogens is 348 g/mol. The third-order valence-corrected chi connectivity index (χ3v) is 4.03. The van der Waals surface area contributed by atoms with Crippen LogP contribution in [-0.4, -0.2) is 34.7 Å². The van der Waals surface area contributed by atoms with Gasteiger partial charge in [0.05, 0.1) is 12.1 Å². The minimum absolute atomic E-state index is 0.000400. The second kappa shape index (κ2) is 7.28. The fourth-order valence-electron chi connectivity index (χ4n) is 2.68. The van der Waals surface area contributed by atoms with Gasteiger partial charge in [-0.3, -0.25) is 9.59 Å². The molecule has 1 aliphatic heterocycles. The predicted molar refractivity (Wildman–Crippen MR) is 95.4 cm³/mol. The van der Waals surface area contributed by atoms with Gasteiger partial charge in [0.25, 0.3) is 5.91 Å². The molecule has 2 amide bonds. The van der Waals surface area contributed by atoms with E-state index >= 15 is 0 Å². The van der Waals surface area contributed by atoms with Crippen LogP contribution in [0.3, 0.4) is 0 Å². The highest BCUT2D eigenvalue weighted by molar-refractivity contribution is 6.00. The second-order valence-corrected chi connectivity index (χ2v) is 5.99. The molecule has 0 aliphatic carbocycles. The van der Waals surface area contributed by atoms with E-state index in [2.05, 4.69) is 20.8 Å². The Morgan fingerprint density at radius 1 is 1.11 bits per heavy atom. The zero-order chi connectivity index (χ0) is 18.6. The molecule has 1 unspecified atom stereocenters. The van der Waals surface area contributed by atoms with E-state index in [1.165, 1.54) is 0 Å². The molecule has 0 spiro atoms. The Bertz CT molecular complexity index is 971. The van der Waals surface area contributed by atoms with Gasteiger partial charge in [0.2, 0.25) is 5.89 Å². The normalized spacial score (nSPS) is 15.9. The number of anilines is 1. The number of aromatic nitrogens is 2. The third-order valence-electron chi connectivity index (χ3n) is 4.03. The molecule has 8 heteroatoms. The second-order valence-electron chi connectivity index (χ2n) is 5.99. The Morgan fingerprint density at radius 2 is 1.89 bits per heavy atom. The summed E-state index contributed by atoms with van der Waals surface area (Å²) >= 11 is 0. The molecule has 2 heterocycles. The minimum Gasteiger partial charge on any atom is -0.489 e. The first kappa shape index (κ1) is 16.8. The van der Waals surface area contributed by atoms with Crippen LogP contribution in [0.1, 0.15) is 22.1 Å². The number of ether oxygens (including phenoxy) is 1. The fraction of sp³-hybridized carbons (Fsp3) is 0.158. The van der Waals surface area contributed by atoms with Crippen molar-refractivity contribution in [2.24, 2.45) is 0 Å². The molecule has 1 aliphatic rings. The molecule has 1 atom stereocenters. The van der Waals surface area contributed by atoms with Crippen molar-refractivity contribution < 1.29 is 18.7 Å². The maximum Gasteiger partial charge on any atom is 0.309 e. The molecule has 0 fully saturated rings. The first-order valence-corrected chi connectivity index (χ1v) is 8.39. The standard InChI is InChI=1S/C19H16N4O4/c24-17-14(11-26-15-9-5-4-8-13(15)20-17)21-18(25)19-23-22-16(27-19)10-12-6-2-1-3-7-12/h1-9,14H,10-11H2,(H,20,24)(H,21,25). The van der Waals surface area contributed by atoms with Gasteiger partial charge in [-0.2, -0.15) is 0 Å². The topological polar surface area (TPSA) is 106 Å². The molecule has 2 N–H and O–H groups in total. The van der Waals surface area contributed by atoms with Gasteiger partial charge in [-0.15, -0.1) is 10.2 Å².